The van der Waals surface area contributed by atoms with Crippen LogP contribution in [0.1, 0.15) is 228 Å². The van der Waals surface area contributed by atoms with Crippen molar-refractivity contribution in [1.82, 2.24) is 111 Å². The van der Waals surface area contributed by atoms with E-state index in [1.54, 1.807) is 99.0 Å². The molecule has 0 spiro atoms. The highest BCUT2D eigenvalue weighted by Gasteiger charge is 2.01. The number of aliphatic imine (C=N–C) groups is 1. The quantitative estimate of drug-likeness (QED) is 0.127. The van der Waals surface area contributed by atoms with Crippen LogP contribution in [0, 0.1) is 76.2 Å². The molecule has 1 aliphatic heterocycles. The Labute approximate surface area is 625 Å². The van der Waals surface area contributed by atoms with Gasteiger partial charge < -0.3 is 0 Å². The van der Waals surface area contributed by atoms with E-state index in [2.05, 4.69) is 127 Å². The minimum absolute atomic E-state index is 0.0694. The smallest absolute Gasteiger partial charge is 0.160 e. The Morgan fingerprint density at radius 1 is 0.282 bits per heavy atom. The van der Waals surface area contributed by atoms with Crippen LogP contribution < -0.4 is 0 Å². The zero-order chi connectivity index (χ0) is 81.4. The van der Waals surface area contributed by atoms with Crippen LogP contribution in [0.4, 0.5) is 0 Å². The van der Waals surface area contributed by atoms with Crippen molar-refractivity contribution in [1.29, 1.82) is 0 Å². The van der Waals surface area contributed by atoms with Gasteiger partial charge in [0.15, 0.2) is 6.17 Å². The lowest BCUT2D eigenvalue weighted by atomic mass is 10.3. The van der Waals surface area contributed by atoms with Gasteiger partial charge in [-0.05, 0) is 173 Å². The molecule has 12 rings (SSSR count). The fraction of sp³-hybridized carbons (Fsp3) is 0.462. The first kappa shape index (κ1) is 117. The van der Waals surface area contributed by atoms with Crippen LogP contribution in [0.2, 0.25) is 0 Å². The number of hydrogen-bond acceptors (Lipinski definition) is 22. The molecule has 0 amide bonds. The van der Waals surface area contributed by atoms with Crippen LogP contribution in [0.15, 0.2) is 200 Å². The second-order valence-corrected chi connectivity index (χ2v) is 16.2. The van der Waals surface area contributed by atoms with Crippen molar-refractivity contribution in [3.63, 3.8) is 0 Å². The molecule has 0 radical (unpaired) electrons. The Kier molecular flexibility index (Phi) is 122. The van der Waals surface area contributed by atoms with Gasteiger partial charge >= 0.3 is 0 Å². The maximum Gasteiger partial charge on any atom is 0.160 e. The van der Waals surface area contributed by atoms with E-state index in [9.17, 15) is 0 Å². The third-order valence-electron chi connectivity index (χ3n) is 8.37. The molecular weight excluding hydrogens is 1290 g/mol. The summed E-state index contributed by atoms with van der Waals surface area (Å²) in [7, 11) is 0. The molecular formula is C78H139N25. The van der Waals surface area contributed by atoms with E-state index in [1.165, 1.54) is 23.8 Å². The molecule has 0 bridgehead atoms. The van der Waals surface area contributed by atoms with Crippen molar-refractivity contribution in [2.45, 2.75) is 248 Å². The molecule has 0 saturated heterocycles. The number of nitrogens with zero attached hydrogens (tertiary/aromatic N) is 22. The highest BCUT2D eigenvalue weighted by Crippen LogP contribution is 2.02. The molecule has 0 aromatic carbocycles. The SMILES string of the molecule is CC.CC.CC.CC.CC.CC.CC.CC.CC.CC.CC.CC1=NC(C)N=N1.Cc1ccccn1.Cc1cccnc1.Cc1cccnn1.Cc1ccncc1.Cc1ccncn1.Cc1ccnnc1.Cc1cn[nH]n1.Cc1cn[nH]n1.Cc1cn[nH]n1.Cc1cncnc1.Cc1ncccn1. The number of aromatic nitrogens is 22. The number of amidine groups is 1. The van der Waals surface area contributed by atoms with E-state index in [0.29, 0.717) is 0 Å². The number of H-pyrrole nitrogens is 3. The Hall–Kier alpha value is -10.5. The predicted molar refractivity (Wildman–Crippen MR) is 436 cm³/mol. The van der Waals surface area contributed by atoms with E-state index < -0.39 is 0 Å². The Balaban J connectivity index is -0.0000000972. The number of nitrogens with one attached hydrogen (secondary N) is 3. The maximum atomic E-state index is 3.98. The Morgan fingerprint density at radius 3 is 0.883 bits per heavy atom. The molecule has 576 valence electrons. The molecule has 3 N–H and O–H groups in total. The average Bonchev–Trinajstić information content (AvgIpc) is 2.12. The molecule has 1 aliphatic rings. The summed E-state index contributed by atoms with van der Waals surface area (Å²) in [5.74, 6) is 1.61. The number of pyridine rings is 3. The van der Waals surface area contributed by atoms with Gasteiger partial charge in [-0.15, -0.1) is 5.11 Å². The second-order valence-electron chi connectivity index (χ2n) is 16.2. The van der Waals surface area contributed by atoms with Crippen molar-refractivity contribution in [3.8, 4) is 0 Å². The van der Waals surface area contributed by atoms with Gasteiger partial charge in [0.1, 0.15) is 24.3 Å². The molecule has 25 heteroatoms. The number of aromatic amines is 3. The monoisotopic (exact) mass is 1430 g/mol. The third-order valence-corrected chi connectivity index (χ3v) is 8.37. The van der Waals surface area contributed by atoms with Gasteiger partial charge in [-0.25, -0.2) is 34.9 Å². The topological polar surface area (TPSA) is 329 Å². The van der Waals surface area contributed by atoms with Gasteiger partial charge in [-0.2, -0.15) is 71.7 Å². The predicted octanol–water partition coefficient (Wildman–Crippen LogP) is 20.9. The lowest BCUT2D eigenvalue weighted by molar-refractivity contribution is 0.788. The summed E-state index contributed by atoms with van der Waals surface area (Å²) in [6.07, 6.45) is 30.9. The van der Waals surface area contributed by atoms with Crippen LogP contribution in [0.25, 0.3) is 0 Å². The minimum Gasteiger partial charge on any atom is -0.265 e. The minimum atomic E-state index is 0.0694. The van der Waals surface area contributed by atoms with Crippen molar-refractivity contribution in [2.24, 2.45) is 15.2 Å². The molecule has 11 aromatic rings. The molecule has 25 nitrogen and oxygen atoms in total. The van der Waals surface area contributed by atoms with Crippen LogP contribution in [-0.2, 0) is 0 Å². The first-order valence-electron chi connectivity index (χ1n) is 35.8. The van der Waals surface area contributed by atoms with Gasteiger partial charge in [0, 0.05) is 85.7 Å². The van der Waals surface area contributed by atoms with Crippen molar-refractivity contribution < 1.29 is 0 Å². The number of azo groups is 1. The third kappa shape index (κ3) is 105. The zero-order valence-corrected chi connectivity index (χ0v) is 70.2. The normalized spacial score (nSPS) is 8.84. The fourth-order valence-electron chi connectivity index (χ4n) is 4.43. The van der Waals surface area contributed by atoms with E-state index in [4.69, 9.17) is 0 Å². The summed E-state index contributed by atoms with van der Waals surface area (Å²) >= 11 is 0. The second kappa shape index (κ2) is 108. The fourth-order valence-corrected chi connectivity index (χ4v) is 4.43. The average molecular weight is 1430 g/mol. The van der Waals surface area contributed by atoms with Crippen molar-refractivity contribution in [2.75, 3.05) is 0 Å². The molecule has 11 aromatic heterocycles. The van der Waals surface area contributed by atoms with Crippen LogP contribution in [-0.4, -0.2) is 123 Å². The van der Waals surface area contributed by atoms with Gasteiger partial charge in [0.25, 0.3) is 0 Å². The molecule has 0 saturated carbocycles. The Bertz CT molecular complexity index is 2560. The summed E-state index contributed by atoms with van der Waals surface area (Å²) in [6, 6.07) is 23.1. The molecule has 12 heterocycles. The van der Waals surface area contributed by atoms with Crippen LogP contribution in [0.5, 0.6) is 0 Å². The highest BCUT2D eigenvalue weighted by molar-refractivity contribution is 5.80. The molecule has 1 unspecified atom stereocenters. The van der Waals surface area contributed by atoms with E-state index >= 15 is 0 Å². The van der Waals surface area contributed by atoms with Gasteiger partial charge in [-0.1, -0.05) is 164 Å². The molecule has 0 fully saturated rings. The van der Waals surface area contributed by atoms with E-state index in [1.807, 2.05) is 315 Å². The van der Waals surface area contributed by atoms with Crippen molar-refractivity contribution in [3.05, 3.63) is 247 Å². The summed E-state index contributed by atoms with van der Waals surface area (Å²) in [6.45, 7) is 69.1. The number of hydrogen-bond donors (Lipinski definition) is 3. The van der Waals surface area contributed by atoms with E-state index in [0.717, 1.165) is 57.0 Å². The zero-order valence-electron chi connectivity index (χ0n) is 70.2. The van der Waals surface area contributed by atoms with Crippen molar-refractivity contribution >= 4 is 5.84 Å². The maximum absolute atomic E-state index is 3.98. The first-order chi connectivity index (χ1) is 50.1. The first-order valence-corrected chi connectivity index (χ1v) is 35.8. The molecule has 103 heavy (non-hydrogen) atoms. The lowest BCUT2D eigenvalue weighted by Gasteiger charge is -1.82. The van der Waals surface area contributed by atoms with E-state index in [-0.39, 0.29) is 6.17 Å². The van der Waals surface area contributed by atoms with Gasteiger partial charge in [-0.3, -0.25) is 15.0 Å². The summed E-state index contributed by atoms with van der Waals surface area (Å²) in [4.78, 5) is 38.6. The van der Waals surface area contributed by atoms with Crippen LogP contribution >= 0.6 is 0 Å². The molecule has 0 aliphatic carbocycles. The Morgan fingerprint density at radius 2 is 0.709 bits per heavy atom. The summed E-state index contributed by atoms with van der Waals surface area (Å²) < 4.78 is 0. The highest BCUT2D eigenvalue weighted by atomic mass is 15.3. The lowest BCUT2D eigenvalue weighted by Crippen LogP contribution is -1.85. The van der Waals surface area contributed by atoms with Gasteiger partial charge in [0.05, 0.1) is 47.6 Å². The van der Waals surface area contributed by atoms with Crippen LogP contribution in [0.3, 0.4) is 0 Å². The standard InChI is InChI=1S/3C6H7N.5C5H6N2.C4H7N3.3C3H5N3.11C2H6/c1-6-2-4-7-5-3-6;1-6-3-2-4-7-5-6;1-6-4-2-3-5-7-6;1-5-2-6-4-7-3-5;1-5-2-3-6-4-7-5;1-5-2-3-6-7-4-5;1-5-6-3-2-4-7-5;1-5-3-2-4-6-7-5;1-3-5-4(2)7-6-3;3*1-3-2-4-6-5-3;11*1-2/h3*2-5H,1H3;5*2-4H,1H3;3H,1-2H3;3*2H,1H3,(H,4,5,6);11*1-2H3. The van der Waals surface area contributed by atoms with Gasteiger partial charge in [0.2, 0.25) is 0 Å². The summed E-state index contributed by atoms with van der Waals surface area (Å²) in [5.41, 5.74) is 10.5. The molecule has 1 atom stereocenters. The number of aryl methyl sites for hydroxylation is 11. The number of rotatable bonds is 0. The largest absolute Gasteiger partial charge is 0.265 e. The summed E-state index contributed by atoms with van der Waals surface area (Å²) in [5, 5.41) is 51.1.